The fraction of sp³-hybridized carbons (Fsp3) is 0.667. The number of rotatable bonds is 5. The van der Waals surface area contributed by atoms with Crippen molar-refractivity contribution in [1.82, 2.24) is 4.90 Å². The van der Waals surface area contributed by atoms with Crippen LogP contribution in [0.2, 0.25) is 0 Å². The Hall–Kier alpha value is -0.380. The molecule has 2 N–H and O–H groups in total. The molecule has 0 amide bonds. The lowest BCUT2D eigenvalue weighted by atomic mass is 9.98. The molecular weight excluding hydrogens is 204 g/mol. The van der Waals surface area contributed by atoms with Crippen LogP contribution >= 0.6 is 11.3 Å². The van der Waals surface area contributed by atoms with E-state index < -0.39 is 0 Å². The summed E-state index contributed by atoms with van der Waals surface area (Å²) in [6, 6.07) is 2.72. The van der Waals surface area contributed by atoms with E-state index in [1.165, 1.54) is 10.4 Å². The molecule has 1 aromatic heterocycles. The third-order valence-corrected chi connectivity index (χ3v) is 3.98. The van der Waals surface area contributed by atoms with Gasteiger partial charge in [0.05, 0.1) is 0 Å². The Morgan fingerprint density at radius 3 is 2.53 bits per heavy atom. The van der Waals surface area contributed by atoms with E-state index in [4.69, 9.17) is 5.73 Å². The van der Waals surface area contributed by atoms with Crippen molar-refractivity contribution in [3.8, 4) is 0 Å². The van der Waals surface area contributed by atoms with Crippen LogP contribution in [0.5, 0.6) is 0 Å². The van der Waals surface area contributed by atoms with E-state index in [1.54, 1.807) is 0 Å². The predicted octanol–water partition coefficient (Wildman–Crippen LogP) is 2.64. The van der Waals surface area contributed by atoms with E-state index >= 15 is 0 Å². The molecule has 0 fully saturated rings. The van der Waals surface area contributed by atoms with Crippen LogP contribution in [0, 0.1) is 12.8 Å². The summed E-state index contributed by atoms with van der Waals surface area (Å²) in [4.78, 5) is 3.78. The SMILES string of the molecule is Cc1ccsc1C(CC(C)CN)N(C)C. The average Bonchev–Trinajstić information content (AvgIpc) is 2.60. The quantitative estimate of drug-likeness (QED) is 0.836. The topological polar surface area (TPSA) is 29.3 Å². The van der Waals surface area contributed by atoms with Gasteiger partial charge in [-0.05, 0) is 56.9 Å². The van der Waals surface area contributed by atoms with Gasteiger partial charge in [-0.15, -0.1) is 11.3 Å². The molecule has 2 nitrogen and oxygen atoms in total. The van der Waals surface area contributed by atoms with Gasteiger partial charge in [0.1, 0.15) is 0 Å². The van der Waals surface area contributed by atoms with E-state index in [2.05, 4.69) is 44.3 Å². The van der Waals surface area contributed by atoms with Crippen LogP contribution in [0.25, 0.3) is 0 Å². The standard InChI is InChI=1S/C12H22N2S/c1-9(8-13)7-11(14(3)4)12-10(2)5-6-15-12/h5-6,9,11H,7-8,13H2,1-4H3. The van der Waals surface area contributed by atoms with Crippen LogP contribution in [0.1, 0.15) is 29.8 Å². The number of aryl methyl sites for hydroxylation is 1. The fourth-order valence-electron chi connectivity index (χ4n) is 1.76. The van der Waals surface area contributed by atoms with Gasteiger partial charge in [0, 0.05) is 10.9 Å². The summed E-state index contributed by atoms with van der Waals surface area (Å²) in [6.45, 7) is 5.18. The zero-order chi connectivity index (χ0) is 11.4. The van der Waals surface area contributed by atoms with Gasteiger partial charge in [-0.2, -0.15) is 0 Å². The van der Waals surface area contributed by atoms with E-state index in [9.17, 15) is 0 Å². The Kier molecular flexibility index (Phi) is 4.77. The van der Waals surface area contributed by atoms with Crippen molar-refractivity contribution in [3.63, 3.8) is 0 Å². The Morgan fingerprint density at radius 1 is 1.47 bits per heavy atom. The molecule has 0 bridgehead atoms. The molecule has 0 aromatic carbocycles. The summed E-state index contributed by atoms with van der Waals surface area (Å²) in [5.41, 5.74) is 7.10. The lowest BCUT2D eigenvalue weighted by molar-refractivity contribution is 0.258. The average molecular weight is 226 g/mol. The summed E-state index contributed by atoms with van der Waals surface area (Å²) in [6.07, 6.45) is 1.14. The summed E-state index contributed by atoms with van der Waals surface area (Å²) in [5, 5.41) is 2.17. The molecule has 0 aliphatic carbocycles. The Morgan fingerprint density at radius 2 is 2.13 bits per heavy atom. The summed E-state index contributed by atoms with van der Waals surface area (Å²) >= 11 is 1.86. The smallest absolute Gasteiger partial charge is 0.0441 e. The molecule has 2 unspecified atom stereocenters. The first-order valence-electron chi connectivity index (χ1n) is 5.46. The van der Waals surface area contributed by atoms with Crippen molar-refractivity contribution in [2.75, 3.05) is 20.6 Å². The second-order valence-corrected chi connectivity index (χ2v) is 5.47. The van der Waals surface area contributed by atoms with Crippen molar-refractivity contribution in [3.05, 3.63) is 21.9 Å². The van der Waals surface area contributed by atoms with Gasteiger partial charge in [-0.1, -0.05) is 6.92 Å². The van der Waals surface area contributed by atoms with Crippen molar-refractivity contribution in [2.24, 2.45) is 11.7 Å². The lowest BCUT2D eigenvalue weighted by Gasteiger charge is -2.26. The molecular formula is C12H22N2S. The maximum absolute atomic E-state index is 5.70. The number of nitrogens with two attached hydrogens (primary N) is 1. The second kappa shape index (κ2) is 5.64. The van der Waals surface area contributed by atoms with E-state index in [-0.39, 0.29) is 0 Å². The molecule has 2 atom stereocenters. The van der Waals surface area contributed by atoms with E-state index in [0.717, 1.165) is 13.0 Å². The molecule has 0 spiro atoms. The largest absolute Gasteiger partial charge is 0.330 e. The second-order valence-electron chi connectivity index (χ2n) is 4.52. The lowest BCUT2D eigenvalue weighted by Crippen LogP contribution is -2.24. The zero-order valence-electron chi connectivity index (χ0n) is 10.2. The molecule has 86 valence electrons. The summed E-state index contributed by atoms with van der Waals surface area (Å²) in [5.74, 6) is 0.582. The summed E-state index contributed by atoms with van der Waals surface area (Å²) in [7, 11) is 4.29. The molecule has 0 saturated carbocycles. The molecule has 0 radical (unpaired) electrons. The highest BCUT2D eigenvalue weighted by molar-refractivity contribution is 7.10. The molecule has 3 heteroatoms. The van der Waals surface area contributed by atoms with Crippen molar-refractivity contribution in [1.29, 1.82) is 0 Å². The van der Waals surface area contributed by atoms with Gasteiger partial charge in [-0.25, -0.2) is 0 Å². The van der Waals surface area contributed by atoms with Crippen LogP contribution in [0.3, 0.4) is 0 Å². The zero-order valence-corrected chi connectivity index (χ0v) is 11.0. The highest BCUT2D eigenvalue weighted by Crippen LogP contribution is 2.31. The van der Waals surface area contributed by atoms with Gasteiger partial charge in [-0.3, -0.25) is 0 Å². The molecule has 0 aliphatic rings. The van der Waals surface area contributed by atoms with Gasteiger partial charge >= 0.3 is 0 Å². The van der Waals surface area contributed by atoms with Crippen molar-refractivity contribution < 1.29 is 0 Å². The van der Waals surface area contributed by atoms with Crippen molar-refractivity contribution >= 4 is 11.3 Å². The Balaban J connectivity index is 2.79. The van der Waals surface area contributed by atoms with E-state index in [0.29, 0.717) is 12.0 Å². The molecule has 15 heavy (non-hydrogen) atoms. The highest BCUT2D eigenvalue weighted by Gasteiger charge is 2.19. The maximum Gasteiger partial charge on any atom is 0.0441 e. The molecule has 1 heterocycles. The summed E-state index contributed by atoms with van der Waals surface area (Å²) < 4.78 is 0. The van der Waals surface area contributed by atoms with Crippen LogP contribution in [-0.2, 0) is 0 Å². The predicted molar refractivity (Wildman–Crippen MR) is 68.3 cm³/mol. The molecule has 1 aromatic rings. The Labute approximate surface area is 97.1 Å². The third-order valence-electron chi connectivity index (χ3n) is 2.86. The number of thiophene rings is 1. The van der Waals surface area contributed by atoms with Gasteiger partial charge in [0.25, 0.3) is 0 Å². The molecule has 0 saturated heterocycles. The third kappa shape index (κ3) is 3.30. The Bertz CT molecular complexity index is 294. The number of hydrogen-bond donors (Lipinski definition) is 1. The van der Waals surface area contributed by atoms with Crippen LogP contribution in [0.4, 0.5) is 0 Å². The first-order valence-corrected chi connectivity index (χ1v) is 6.34. The van der Waals surface area contributed by atoms with Crippen LogP contribution in [0.15, 0.2) is 11.4 Å². The maximum atomic E-state index is 5.70. The highest BCUT2D eigenvalue weighted by atomic mass is 32.1. The fourth-order valence-corrected chi connectivity index (χ4v) is 2.89. The number of hydrogen-bond acceptors (Lipinski definition) is 3. The van der Waals surface area contributed by atoms with Crippen molar-refractivity contribution in [2.45, 2.75) is 26.3 Å². The number of nitrogens with zero attached hydrogens (tertiary/aromatic N) is 1. The van der Waals surface area contributed by atoms with E-state index in [1.807, 2.05) is 11.3 Å². The minimum Gasteiger partial charge on any atom is -0.330 e. The van der Waals surface area contributed by atoms with Crippen LogP contribution in [-0.4, -0.2) is 25.5 Å². The normalized spacial score (nSPS) is 15.6. The first-order chi connectivity index (χ1) is 7.06. The molecule has 1 rings (SSSR count). The van der Waals surface area contributed by atoms with Gasteiger partial charge < -0.3 is 10.6 Å². The first kappa shape index (κ1) is 12.7. The molecule has 0 aliphatic heterocycles. The van der Waals surface area contributed by atoms with Crippen LogP contribution < -0.4 is 5.73 Å². The van der Waals surface area contributed by atoms with Gasteiger partial charge in [0.2, 0.25) is 0 Å². The minimum atomic E-state index is 0.517. The minimum absolute atomic E-state index is 0.517. The monoisotopic (exact) mass is 226 g/mol. The van der Waals surface area contributed by atoms with Gasteiger partial charge in [0.15, 0.2) is 0 Å².